The van der Waals surface area contributed by atoms with Crippen molar-refractivity contribution in [3.8, 4) is 5.75 Å². The molecule has 2 aliphatic heterocycles. The number of morpholine rings is 1. The Bertz CT molecular complexity index is 2220. The van der Waals surface area contributed by atoms with Crippen LogP contribution in [-0.4, -0.2) is 87.9 Å². The van der Waals surface area contributed by atoms with E-state index in [4.69, 9.17) is 36.8 Å². The average Bonchev–Trinajstić information content (AvgIpc) is 3.64. The van der Waals surface area contributed by atoms with Gasteiger partial charge in [0.05, 0.1) is 38.2 Å². The molecular weight excluding hydrogens is 711 g/mol. The van der Waals surface area contributed by atoms with E-state index in [9.17, 15) is 14.3 Å². The third-order valence-corrected chi connectivity index (χ3v) is 11.1. The number of fused-ring (bicyclic) bond motifs is 6. The second-order valence-corrected chi connectivity index (χ2v) is 14.8. The van der Waals surface area contributed by atoms with Crippen molar-refractivity contribution in [2.45, 2.75) is 58.8 Å². The summed E-state index contributed by atoms with van der Waals surface area (Å²) in [5, 5.41) is 19.8. The van der Waals surface area contributed by atoms with Crippen molar-refractivity contribution >= 4 is 44.8 Å². The van der Waals surface area contributed by atoms with Gasteiger partial charge in [0, 0.05) is 85.0 Å². The van der Waals surface area contributed by atoms with Crippen molar-refractivity contribution in [2.24, 2.45) is 12.9 Å². The topological polar surface area (TPSA) is 120 Å². The second-order valence-electron chi connectivity index (χ2n) is 14.4. The number of allylic oxidation sites excluding steroid dienone is 1. The number of hydrogen-bond acceptors (Lipinski definition) is 8. The molecule has 11 nitrogen and oxygen atoms in total. The molecule has 5 aromatic rings. The highest BCUT2D eigenvalue weighted by Crippen LogP contribution is 2.41. The first-order valence-corrected chi connectivity index (χ1v) is 18.9. The van der Waals surface area contributed by atoms with Gasteiger partial charge in [0.1, 0.15) is 17.3 Å². The number of ether oxygens (including phenoxy) is 3. The number of benzene rings is 3. The average molecular weight is 759 g/mol. The van der Waals surface area contributed by atoms with E-state index in [0.717, 1.165) is 68.5 Å². The maximum Gasteiger partial charge on any atom is 0.352 e. The molecule has 2 aliphatic rings. The van der Waals surface area contributed by atoms with Crippen LogP contribution in [0.3, 0.4) is 0 Å². The van der Waals surface area contributed by atoms with Crippen molar-refractivity contribution in [1.82, 2.24) is 24.3 Å². The van der Waals surface area contributed by atoms with Gasteiger partial charge >= 0.3 is 5.97 Å². The number of halogens is 2. The molecule has 0 amide bonds. The van der Waals surface area contributed by atoms with E-state index in [1.54, 1.807) is 18.1 Å². The predicted molar refractivity (Wildman–Crippen MR) is 208 cm³/mol. The highest BCUT2D eigenvalue weighted by atomic mass is 35.5. The van der Waals surface area contributed by atoms with Gasteiger partial charge in [-0.2, -0.15) is 5.10 Å². The van der Waals surface area contributed by atoms with E-state index in [1.807, 2.05) is 54.4 Å². The van der Waals surface area contributed by atoms with Crippen LogP contribution < -0.4 is 10.6 Å². The first-order valence-electron chi connectivity index (χ1n) is 18.5. The highest BCUT2D eigenvalue weighted by Gasteiger charge is 2.28. The molecule has 54 heavy (non-hydrogen) atoms. The summed E-state index contributed by atoms with van der Waals surface area (Å²) >= 11 is 7.13. The van der Waals surface area contributed by atoms with Crippen LogP contribution in [0.4, 0.5) is 4.39 Å². The van der Waals surface area contributed by atoms with Crippen LogP contribution in [0.2, 0.25) is 5.02 Å². The lowest BCUT2D eigenvalue weighted by atomic mass is 9.92. The largest absolute Gasteiger partial charge is 0.493 e. The fourth-order valence-electron chi connectivity index (χ4n) is 7.92. The van der Waals surface area contributed by atoms with E-state index in [-0.39, 0.29) is 24.2 Å². The van der Waals surface area contributed by atoms with Gasteiger partial charge in [0.25, 0.3) is 0 Å². The quantitative estimate of drug-likeness (QED) is 0.152. The molecule has 3 aromatic carbocycles. The molecule has 8 bridgehead atoms. The first-order chi connectivity index (χ1) is 26.0. The van der Waals surface area contributed by atoms with Crippen LogP contribution >= 0.6 is 11.6 Å². The standard InChI is InChI=1S/C41H48ClFN6O5/c1-25-38-36-11-10-35(42)39(38)34(26(2)46(3)44)22-32(23-48-13-16-52-17-14-48)54-24-30-21-31(47(4)45-30)8-6-27-18-28-20-29(43)7-9-33(28)37(19-27)53-15-5-12-49(36)40(25)41(50)51/h7,9-11,18-21,32H,5-6,8,12-17,22-24,44H2,1-4H3,(H,50,51)/b34-26+. The molecule has 1 saturated heterocycles. The summed E-state index contributed by atoms with van der Waals surface area (Å²) < 4.78 is 37.0. The van der Waals surface area contributed by atoms with E-state index in [0.29, 0.717) is 74.9 Å². The molecule has 4 heterocycles. The van der Waals surface area contributed by atoms with Crippen molar-refractivity contribution < 1.29 is 28.5 Å². The number of hydrogen-bond donors (Lipinski definition) is 2. The molecular formula is C41H48ClFN6O5. The SMILES string of the molecule is C/C(=C1/CC(CN2CCOCC2)OCc2cc(n(C)n2)CCc2cc(c3ccc(F)cc3c2)OCCCn2c(C(=O)O)c(C)c3c1c(Cl)ccc32)N(C)N. The normalized spacial score (nSPS) is 18.8. The summed E-state index contributed by atoms with van der Waals surface area (Å²) in [5.41, 5.74) is 6.88. The Morgan fingerprint density at radius 3 is 2.65 bits per heavy atom. The number of nitrogens with two attached hydrogens (primary N) is 1. The van der Waals surface area contributed by atoms with Crippen molar-refractivity contribution in [3.05, 3.63) is 98.8 Å². The van der Waals surface area contributed by atoms with Gasteiger partial charge < -0.3 is 28.9 Å². The molecule has 2 aromatic heterocycles. The summed E-state index contributed by atoms with van der Waals surface area (Å²) in [6, 6.07) is 14.6. The van der Waals surface area contributed by atoms with Gasteiger partial charge in [-0.05, 0) is 97.7 Å². The van der Waals surface area contributed by atoms with Crippen LogP contribution in [0.25, 0.3) is 27.2 Å². The number of aryl methyl sites for hydroxylation is 5. The molecule has 1 fully saturated rings. The minimum Gasteiger partial charge on any atom is -0.493 e. The zero-order valence-electron chi connectivity index (χ0n) is 31.3. The third kappa shape index (κ3) is 7.85. The van der Waals surface area contributed by atoms with Crippen LogP contribution in [0.15, 0.2) is 54.2 Å². The molecule has 0 radical (unpaired) electrons. The molecule has 1 unspecified atom stereocenters. The maximum atomic E-state index is 14.4. The second kappa shape index (κ2) is 16.1. The number of nitrogens with zero attached hydrogens (tertiary/aromatic N) is 5. The smallest absolute Gasteiger partial charge is 0.352 e. The third-order valence-electron chi connectivity index (χ3n) is 10.8. The fraction of sp³-hybridized carbons (Fsp3) is 0.415. The lowest BCUT2D eigenvalue weighted by Crippen LogP contribution is -2.42. The Hall–Kier alpha value is -4.46. The van der Waals surface area contributed by atoms with Crippen molar-refractivity contribution in [1.29, 1.82) is 0 Å². The minimum absolute atomic E-state index is 0.198. The molecule has 286 valence electrons. The summed E-state index contributed by atoms with van der Waals surface area (Å²) in [6.07, 6.45) is 2.11. The lowest BCUT2D eigenvalue weighted by Gasteiger charge is -2.32. The molecule has 7 rings (SSSR count). The van der Waals surface area contributed by atoms with Crippen LogP contribution in [0.5, 0.6) is 5.75 Å². The van der Waals surface area contributed by atoms with Gasteiger partial charge in [0.15, 0.2) is 0 Å². The number of rotatable bonds is 4. The van der Waals surface area contributed by atoms with Gasteiger partial charge in [-0.3, -0.25) is 9.58 Å². The number of carboxylic acids is 1. The maximum absolute atomic E-state index is 14.4. The van der Waals surface area contributed by atoms with Gasteiger partial charge in [0.2, 0.25) is 0 Å². The van der Waals surface area contributed by atoms with E-state index >= 15 is 0 Å². The Morgan fingerprint density at radius 2 is 1.89 bits per heavy atom. The van der Waals surface area contributed by atoms with Gasteiger partial charge in [-0.25, -0.2) is 15.0 Å². The number of aromatic carboxylic acids is 1. The Kier molecular flexibility index (Phi) is 11.3. The Morgan fingerprint density at radius 1 is 1.09 bits per heavy atom. The first kappa shape index (κ1) is 37.8. The van der Waals surface area contributed by atoms with E-state index in [2.05, 4.69) is 11.0 Å². The van der Waals surface area contributed by atoms with Gasteiger partial charge in [-0.15, -0.1) is 0 Å². The molecule has 0 spiro atoms. The Balaban J connectivity index is 1.36. The van der Waals surface area contributed by atoms with Crippen LogP contribution in [-0.2, 0) is 42.5 Å². The molecule has 1 atom stereocenters. The minimum atomic E-state index is -1.02. The number of carbonyl (C=O) groups is 1. The molecule has 13 heteroatoms. The molecule has 3 N–H and O–H groups in total. The van der Waals surface area contributed by atoms with Crippen LogP contribution in [0.1, 0.15) is 58.3 Å². The number of hydrazine groups is 1. The summed E-state index contributed by atoms with van der Waals surface area (Å²) in [4.78, 5) is 15.3. The summed E-state index contributed by atoms with van der Waals surface area (Å²) in [5.74, 6) is 5.77. The zero-order chi connectivity index (χ0) is 38.1. The van der Waals surface area contributed by atoms with Crippen LogP contribution in [0, 0.1) is 12.7 Å². The van der Waals surface area contributed by atoms with Gasteiger partial charge in [-0.1, -0.05) is 17.7 Å². The fourth-order valence-corrected chi connectivity index (χ4v) is 8.19. The highest BCUT2D eigenvalue weighted by molar-refractivity contribution is 6.34. The van der Waals surface area contributed by atoms with E-state index in [1.165, 1.54) is 12.1 Å². The number of aromatic nitrogens is 3. The monoisotopic (exact) mass is 758 g/mol. The zero-order valence-corrected chi connectivity index (χ0v) is 32.1. The summed E-state index contributed by atoms with van der Waals surface area (Å²) in [6.45, 7) is 8.32. The summed E-state index contributed by atoms with van der Waals surface area (Å²) in [7, 11) is 3.73. The lowest BCUT2D eigenvalue weighted by molar-refractivity contribution is -0.0167. The predicted octanol–water partition coefficient (Wildman–Crippen LogP) is 6.74. The van der Waals surface area contributed by atoms with Crippen molar-refractivity contribution in [3.63, 3.8) is 0 Å². The van der Waals surface area contributed by atoms with E-state index < -0.39 is 5.97 Å². The molecule has 0 aliphatic carbocycles. The van der Waals surface area contributed by atoms with Crippen molar-refractivity contribution in [2.75, 3.05) is 46.5 Å². The number of carboxylic acid groups (broad SMARTS) is 1. The molecule has 0 saturated carbocycles. The Labute approximate surface area is 319 Å².